The van der Waals surface area contributed by atoms with Crippen molar-refractivity contribution in [3.63, 3.8) is 0 Å². The van der Waals surface area contributed by atoms with Crippen molar-refractivity contribution < 1.29 is 14.3 Å². The van der Waals surface area contributed by atoms with E-state index in [9.17, 15) is 4.79 Å². The Balaban J connectivity index is 1.83. The largest absolute Gasteiger partial charge is 0.497 e. The number of amides is 1. The van der Waals surface area contributed by atoms with Gasteiger partial charge < -0.3 is 19.7 Å². The number of allylic oxidation sites excluding steroid dienone is 1. The first-order valence-electron chi connectivity index (χ1n) is 7.11. The first kappa shape index (κ1) is 15.4. The highest BCUT2D eigenvalue weighted by atomic mass is 16.5. The summed E-state index contributed by atoms with van der Waals surface area (Å²) in [6, 6.07) is 7.86. The molecule has 1 aromatic rings. The minimum Gasteiger partial charge on any atom is -0.497 e. The number of nitrogens with zero attached hydrogens (tertiary/aromatic N) is 1. The molecule has 1 fully saturated rings. The van der Waals surface area contributed by atoms with Gasteiger partial charge in [-0.25, -0.2) is 0 Å². The molecule has 1 aliphatic heterocycles. The highest BCUT2D eigenvalue weighted by molar-refractivity contribution is 5.88. The zero-order chi connectivity index (χ0) is 15.1. The van der Waals surface area contributed by atoms with Gasteiger partial charge in [0.15, 0.2) is 0 Å². The van der Waals surface area contributed by atoms with Crippen LogP contribution in [0.2, 0.25) is 0 Å². The van der Waals surface area contributed by atoms with E-state index in [1.54, 1.807) is 13.2 Å². The van der Waals surface area contributed by atoms with Crippen molar-refractivity contribution in [2.24, 2.45) is 0 Å². The Morgan fingerprint density at radius 1 is 1.33 bits per heavy atom. The molecule has 0 unspecified atom stereocenters. The molecular weight excluding hydrogens is 268 g/mol. The number of ether oxygens (including phenoxy) is 2. The van der Waals surface area contributed by atoms with Gasteiger partial charge in [0.1, 0.15) is 5.75 Å². The van der Waals surface area contributed by atoms with Crippen LogP contribution in [0.15, 0.2) is 36.0 Å². The molecule has 5 nitrogen and oxygen atoms in total. The van der Waals surface area contributed by atoms with Gasteiger partial charge in [-0.05, 0) is 24.6 Å². The van der Waals surface area contributed by atoms with Crippen LogP contribution in [-0.2, 0) is 16.1 Å². The number of methoxy groups -OCH3 is 1. The molecule has 0 atom stereocenters. The van der Waals surface area contributed by atoms with Crippen LogP contribution in [0.5, 0.6) is 5.75 Å². The van der Waals surface area contributed by atoms with E-state index in [1.165, 1.54) is 0 Å². The van der Waals surface area contributed by atoms with E-state index in [1.807, 2.05) is 36.1 Å². The highest BCUT2D eigenvalue weighted by Gasteiger charge is 2.14. The zero-order valence-electron chi connectivity index (χ0n) is 12.6. The normalized spacial score (nSPS) is 15.7. The van der Waals surface area contributed by atoms with Crippen LogP contribution in [0.4, 0.5) is 0 Å². The van der Waals surface area contributed by atoms with E-state index in [0.29, 0.717) is 32.8 Å². The van der Waals surface area contributed by atoms with Gasteiger partial charge in [-0.15, -0.1) is 0 Å². The summed E-state index contributed by atoms with van der Waals surface area (Å²) in [4.78, 5) is 13.8. The van der Waals surface area contributed by atoms with Gasteiger partial charge >= 0.3 is 0 Å². The number of carbonyl (C=O) groups is 1. The number of hydrogen-bond donors (Lipinski definition) is 1. The number of nitrogens with one attached hydrogen (secondary N) is 1. The molecule has 0 aromatic heterocycles. The van der Waals surface area contributed by atoms with Gasteiger partial charge in [-0.2, -0.15) is 0 Å². The Labute approximate surface area is 125 Å². The number of rotatable bonds is 5. The number of carbonyl (C=O) groups excluding carboxylic acids is 1. The lowest BCUT2D eigenvalue weighted by atomic mass is 10.2. The third-order valence-electron chi connectivity index (χ3n) is 3.39. The average Bonchev–Trinajstić information content (AvgIpc) is 2.54. The maximum Gasteiger partial charge on any atom is 0.248 e. The number of benzene rings is 1. The molecule has 5 heteroatoms. The van der Waals surface area contributed by atoms with Gasteiger partial charge in [-0.3, -0.25) is 4.79 Å². The Hall–Kier alpha value is -2.01. The fourth-order valence-electron chi connectivity index (χ4n) is 2.10. The van der Waals surface area contributed by atoms with Crippen LogP contribution in [0.3, 0.4) is 0 Å². The SMILES string of the molecule is COc1ccc(CN/C(C)=C\C(=O)N2CCOCC2)cc1. The van der Waals surface area contributed by atoms with Crippen LogP contribution >= 0.6 is 0 Å². The smallest absolute Gasteiger partial charge is 0.248 e. The van der Waals surface area contributed by atoms with E-state index < -0.39 is 0 Å². The fourth-order valence-corrected chi connectivity index (χ4v) is 2.10. The third kappa shape index (κ3) is 4.79. The summed E-state index contributed by atoms with van der Waals surface area (Å²) in [5.74, 6) is 0.881. The molecule has 0 aliphatic carbocycles. The molecule has 21 heavy (non-hydrogen) atoms. The van der Waals surface area contributed by atoms with E-state index >= 15 is 0 Å². The second-order valence-corrected chi connectivity index (χ2v) is 4.97. The van der Waals surface area contributed by atoms with Crippen molar-refractivity contribution in [3.05, 3.63) is 41.6 Å². The molecular formula is C16H22N2O3. The minimum absolute atomic E-state index is 0.0398. The van der Waals surface area contributed by atoms with Gasteiger partial charge in [0.05, 0.1) is 20.3 Å². The number of morpholine rings is 1. The van der Waals surface area contributed by atoms with Gasteiger partial charge in [0.25, 0.3) is 0 Å². The van der Waals surface area contributed by atoms with Crippen LogP contribution in [0, 0.1) is 0 Å². The second kappa shape index (κ2) is 7.69. The Morgan fingerprint density at radius 2 is 2.00 bits per heavy atom. The minimum atomic E-state index is 0.0398. The van der Waals surface area contributed by atoms with Crippen molar-refractivity contribution in [1.82, 2.24) is 10.2 Å². The van der Waals surface area contributed by atoms with Crippen molar-refractivity contribution in [3.8, 4) is 5.75 Å². The molecule has 0 radical (unpaired) electrons. The predicted molar refractivity (Wildman–Crippen MR) is 81.0 cm³/mol. The Kier molecular flexibility index (Phi) is 5.63. The monoisotopic (exact) mass is 290 g/mol. The maximum absolute atomic E-state index is 12.0. The van der Waals surface area contributed by atoms with E-state index in [2.05, 4.69) is 5.32 Å². The van der Waals surface area contributed by atoms with Crippen molar-refractivity contribution in [2.75, 3.05) is 33.4 Å². The van der Waals surface area contributed by atoms with Gasteiger partial charge in [0.2, 0.25) is 5.91 Å². The summed E-state index contributed by atoms with van der Waals surface area (Å²) < 4.78 is 10.4. The zero-order valence-corrected chi connectivity index (χ0v) is 12.6. The summed E-state index contributed by atoms with van der Waals surface area (Å²) in [5.41, 5.74) is 2.00. The Bertz CT molecular complexity index is 491. The summed E-state index contributed by atoms with van der Waals surface area (Å²) in [6.07, 6.45) is 1.65. The van der Waals surface area contributed by atoms with E-state index in [-0.39, 0.29) is 5.91 Å². The molecule has 2 rings (SSSR count). The lowest BCUT2D eigenvalue weighted by molar-refractivity contribution is -0.130. The summed E-state index contributed by atoms with van der Waals surface area (Å²) in [7, 11) is 1.65. The van der Waals surface area contributed by atoms with Gasteiger partial charge in [0, 0.05) is 31.4 Å². The summed E-state index contributed by atoms with van der Waals surface area (Å²) >= 11 is 0. The lowest BCUT2D eigenvalue weighted by Gasteiger charge is -2.25. The molecule has 1 N–H and O–H groups in total. The van der Waals surface area contributed by atoms with Crippen LogP contribution in [0.25, 0.3) is 0 Å². The van der Waals surface area contributed by atoms with E-state index in [0.717, 1.165) is 17.0 Å². The molecule has 1 amide bonds. The molecule has 1 aliphatic rings. The third-order valence-corrected chi connectivity index (χ3v) is 3.39. The van der Waals surface area contributed by atoms with Crippen molar-refractivity contribution in [1.29, 1.82) is 0 Å². The average molecular weight is 290 g/mol. The molecule has 1 aromatic carbocycles. The first-order chi connectivity index (χ1) is 10.2. The van der Waals surface area contributed by atoms with Gasteiger partial charge in [-0.1, -0.05) is 12.1 Å². The summed E-state index contributed by atoms with van der Waals surface area (Å²) in [5, 5.41) is 3.25. The molecule has 114 valence electrons. The lowest BCUT2D eigenvalue weighted by Crippen LogP contribution is -2.40. The summed E-state index contributed by atoms with van der Waals surface area (Å²) in [6.45, 7) is 5.17. The highest BCUT2D eigenvalue weighted by Crippen LogP contribution is 2.11. The topological polar surface area (TPSA) is 50.8 Å². The molecule has 1 heterocycles. The van der Waals surface area contributed by atoms with E-state index in [4.69, 9.17) is 9.47 Å². The Morgan fingerprint density at radius 3 is 2.62 bits per heavy atom. The molecule has 1 saturated heterocycles. The van der Waals surface area contributed by atoms with Crippen LogP contribution < -0.4 is 10.1 Å². The second-order valence-electron chi connectivity index (χ2n) is 4.97. The number of hydrogen-bond acceptors (Lipinski definition) is 4. The first-order valence-corrected chi connectivity index (χ1v) is 7.11. The fraction of sp³-hybridized carbons (Fsp3) is 0.438. The van der Waals surface area contributed by atoms with Crippen LogP contribution in [0.1, 0.15) is 12.5 Å². The standard InChI is InChI=1S/C16H22N2O3/c1-13(11-16(19)18-7-9-21-10-8-18)17-12-14-3-5-15(20-2)6-4-14/h3-6,11,17H,7-10,12H2,1-2H3/b13-11-. The van der Waals surface area contributed by atoms with Crippen LogP contribution in [-0.4, -0.2) is 44.2 Å². The predicted octanol–water partition coefficient (Wildman–Crippen LogP) is 1.55. The molecule has 0 bridgehead atoms. The van der Waals surface area contributed by atoms with Crippen molar-refractivity contribution in [2.45, 2.75) is 13.5 Å². The quantitative estimate of drug-likeness (QED) is 0.836. The molecule has 0 saturated carbocycles. The van der Waals surface area contributed by atoms with Crippen molar-refractivity contribution >= 4 is 5.91 Å². The molecule has 0 spiro atoms. The maximum atomic E-state index is 12.0.